The summed E-state index contributed by atoms with van der Waals surface area (Å²) in [6.45, 7) is 4.59. The van der Waals surface area contributed by atoms with Crippen molar-refractivity contribution in [3.8, 4) is 5.75 Å². The van der Waals surface area contributed by atoms with Crippen molar-refractivity contribution < 1.29 is 9.53 Å². The lowest BCUT2D eigenvalue weighted by Crippen LogP contribution is -2.20. The maximum absolute atomic E-state index is 12.4. The average Bonchev–Trinajstić information content (AvgIpc) is 2.76. The monoisotopic (exact) mass is 452 g/mol. The lowest BCUT2D eigenvalue weighted by atomic mass is 10.1. The Morgan fingerprint density at radius 1 is 1.13 bits per heavy atom. The van der Waals surface area contributed by atoms with Crippen LogP contribution in [0.2, 0.25) is 5.02 Å². The van der Waals surface area contributed by atoms with Crippen molar-refractivity contribution in [2.75, 3.05) is 5.75 Å². The Balaban J connectivity index is 1.60. The molecular weight excluding hydrogens is 428 g/mol. The molecule has 0 unspecified atom stereocenters. The first-order chi connectivity index (χ1) is 15.0. The first kappa shape index (κ1) is 22.9. The van der Waals surface area contributed by atoms with E-state index in [0.29, 0.717) is 17.4 Å². The normalized spacial score (nSPS) is 10.9. The number of amides is 1. The second-order valence-corrected chi connectivity index (χ2v) is 8.71. The molecule has 0 fully saturated rings. The van der Waals surface area contributed by atoms with Crippen LogP contribution in [0.5, 0.6) is 5.75 Å². The van der Waals surface area contributed by atoms with Crippen molar-refractivity contribution >= 4 is 35.5 Å². The van der Waals surface area contributed by atoms with Gasteiger partial charge in [0, 0.05) is 15.5 Å². The van der Waals surface area contributed by atoms with Crippen molar-refractivity contribution in [3.05, 3.63) is 94.0 Å². The molecule has 0 saturated carbocycles. The van der Waals surface area contributed by atoms with Crippen molar-refractivity contribution in [1.29, 1.82) is 0 Å². The average molecular weight is 453 g/mol. The molecule has 0 aliphatic rings. The Morgan fingerprint density at radius 3 is 2.68 bits per heavy atom. The molecule has 4 nitrogen and oxygen atoms in total. The van der Waals surface area contributed by atoms with Crippen LogP contribution in [-0.4, -0.2) is 17.9 Å². The van der Waals surface area contributed by atoms with Gasteiger partial charge >= 0.3 is 0 Å². The molecule has 3 rings (SSSR count). The number of para-hydroxylation sites is 1. The number of carbonyl (C=O) groups is 1. The fourth-order valence-electron chi connectivity index (χ4n) is 2.93. The SMILES string of the molecule is CCSc1ccc(Cl)cc1CC(=O)N/N=C\c1ccccc1OCc1ccc(C)cc1. The number of carbonyl (C=O) groups excluding carboxylic acids is 1. The number of nitrogens with one attached hydrogen (secondary N) is 1. The van der Waals surface area contributed by atoms with Crippen LogP contribution in [0.3, 0.4) is 0 Å². The van der Waals surface area contributed by atoms with Gasteiger partial charge in [0.25, 0.3) is 0 Å². The highest BCUT2D eigenvalue weighted by atomic mass is 35.5. The quantitative estimate of drug-likeness (QED) is 0.245. The summed E-state index contributed by atoms with van der Waals surface area (Å²) in [4.78, 5) is 13.4. The topological polar surface area (TPSA) is 50.7 Å². The third-order valence-corrected chi connectivity index (χ3v) is 5.73. The van der Waals surface area contributed by atoms with Crippen LogP contribution < -0.4 is 10.2 Å². The minimum Gasteiger partial charge on any atom is -0.488 e. The van der Waals surface area contributed by atoms with E-state index in [0.717, 1.165) is 27.3 Å². The van der Waals surface area contributed by atoms with Gasteiger partial charge in [0.05, 0.1) is 12.6 Å². The standard InChI is InChI=1S/C25H25ClN2O2S/c1-3-31-24-13-12-22(26)14-21(24)15-25(29)28-27-16-20-6-4-5-7-23(20)30-17-19-10-8-18(2)9-11-19/h4-14,16H,3,15,17H2,1-2H3,(H,28,29)/b27-16-. The van der Waals surface area contributed by atoms with Crippen LogP contribution in [0.25, 0.3) is 0 Å². The molecule has 0 radical (unpaired) electrons. The summed E-state index contributed by atoms with van der Waals surface area (Å²) in [5, 5.41) is 4.74. The summed E-state index contributed by atoms with van der Waals surface area (Å²) in [5.41, 5.74) is 6.59. The van der Waals surface area contributed by atoms with Gasteiger partial charge in [-0.1, -0.05) is 60.5 Å². The molecule has 0 aliphatic carbocycles. The van der Waals surface area contributed by atoms with Gasteiger partial charge in [-0.05, 0) is 54.1 Å². The van der Waals surface area contributed by atoms with E-state index < -0.39 is 0 Å². The lowest BCUT2D eigenvalue weighted by molar-refractivity contribution is -0.120. The highest BCUT2D eigenvalue weighted by Crippen LogP contribution is 2.26. The van der Waals surface area contributed by atoms with E-state index in [2.05, 4.69) is 36.5 Å². The minimum absolute atomic E-state index is 0.200. The van der Waals surface area contributed by atoms with Gasteiger partial charge in [0.1, 0.15) is 12.4 Å². The Morgan fingerprint density at radius 2 is 1.90 bits per heavy atom. The highest BCUT2D eigenvalue weighted by Gasteiger charge is 2.09. The van der Waals surface area contributed by atoms with Gasteiger partial charge in [-0.25, -0.2) is 5.43 Å². The maximum atomic E-state index is 12.4. The maximum Gasteiger partial charge on any atom is 0.244 e. The molecular formula is C25H25ClN2O2S. The van der Waals surface area contributed by atoms with Crippen molar-refractivity contribution in [2.45, 2.75) is 31.8 Å². The number of ether oxygens (including phenoxy) is 1. The van der Waals surface area contributed by atoms with Crippen LogP contribution >= 0.6 is 23.4 Å². The molecule has 0 saturated heterocycles. The molecule has 0 aromatic heterocycles. The number of nitrogens with zero attached hydrogens (tertiary/aromatic N) is 1. The summed E-state index contributed by atoms with van der Waals surface area (Å²) < 4.78 is 5.95. The van der Waals surface area contributed by atoms with Crippen molar-refractivity contribution in [2.24, 2.45) is 5.10 Å². The van der Waals surface area contributed by atoms with Crippen molar-refractivity contribution in [1.82, 2.24) is 5.43 Å². The molecule has 0 heterocycles. The molecule has 3 aromatic carbocycles. The molecule has 31 heavy (non-hydrogen) atoms. The molecule has 3 aromatic rings. The summed E-state index contributed by atoms with van der Waals surface area (Å²) in [6.07, 6.45) is 1.81. The Hall–Kier alpha value is -2.76. The number of benzene rings is 3. The zero-order chi connectivity index (χ0) is 22.1. The minimum atomic E-state index is -0.200. The zero-order valence-corrected chi connectivity index (χ0v) is 19.2. The number of rotatable bonds is 9. The molecule has 0 atom stereocenters. The third kappa shape index (κ3) is 7.16. The molecule has 1 N–H and O–H groups in total. The number of hydrogen-bond donors (Lipinski definition) is 1. The first-order valence-electron chi connectivity index (χ1n) is 10.1. The zero-order valence-electron chi connectivity index (χ0n) is 17.6. The molecule has 0 aliphatic heterocycles. The Labute approximate surface area is 192 Å². The van der Waals surface area contributed by atoms with Gasteiger partial charge in [-0.15, -0.1) is 11.8 Å². The van der Waals surface area contributed by atoms with Gasteiger partial charge in [0.2, 0.25) is 5.91 Å². The van der Waals surface area contributed by atoms with E-state index in [9.17, 15) is 4.79 Å². The van der Waals surface area contributed by atoms with E-state index >= 15 is 0 Å². The second kappa shape index (κ2) is 11.6. The van der Waals surface area contributed by atoms with Crippen LogP contribution in [0.4, 0.5) is 0 Å². The van der Waals surface area contributed by atoms with Crippen LogP contribution in [0, 0.1) is 6.92 Å². The molecule has 0 bridgehead atoms. The predicted molar refractivity (Wildman–Crippen MR) is 129 cm³/mol. The summed E-state index contributed by atoms with van der Waals surface area (Å²) in [7, 11) is 0. The van der Waals surface area contributed by atoms with E-state index in [1.54, 1.807) is 18.0 Å². The largest absolute Gasteiger partial charge is 0.488 e. The summed E-state index contributed by atoms with van der Waals surface area (Å²) in [5.74, 6) is 1.43. The smallest absolute Gasteiger partial charge is 0.244 e. The van der Waals surface area contributed by atoms with Crippen LogP contribution in [0.15, 0.2) is 76.7 Å². The van der Waals surface area contributed by atoms with Crippen LogP contribution in [-0.2, 0) is 17.8 Å². The van der Waals surface area contributed by atoms with E-state index in [1.165, 1.54) is 5.56 Å². The number of halogens is 1. The molecule has 0 spiro atoms. The number of aryl methyl sites for hydroxylation is 1. The fourth-order valence-corrected chi connectivity index (χ4v) is 3.92. The Kier molecular flexibility index (Phi) is 8.56. The van der Waals surface area contributed by atoms with Crippen molar-refractivity contribution in [3.63, 3.8) is 0 Å². The number of hydrazone groups is 1. The summed E-state index contributed by atoms with van der Waals surface area (Å²) >= 11 is 7.79. The van der Waals surface area contributed by atoms with E-state index in [-0.39, 0.29) is 12.3 Å². The van der Waals surface area contributed by atoms with E-state index in [4.69, 9.17) is 16.3 Å². The van der Waals surface area contributed by atoms with Gasteiger partial charge < -0.3 is 4.74 Å². The third-order valence-electron chi connectivity index (χ3n) is 4.50. The van der Waals surface area contributed by atoms with Gasteiger partial charge in [0.15, 0.2) is 0 Å². The lowest BCUT2D eigenvalue weighted by Gasteiger charge is -2.10. The highest BCUT2D eigenvalue weighted by molar-refractivity contribution is 7.99. The fraction of sp³-hybridized carbons (Fsp3) is 0.200. The van der Waals surface area contributed by atoms with Gasteiger partial charge in [-0.2, -0.15) is 5.10 Å². The number of thioether (sulfide) groups is 1. The number of hydrogen-bond acceptors (Lipinski definition) is 4. The predicted octanol–water partition coefficient (Wildman–Crippen LogP) is 6.03. The molecule has 1 amide bonds. The summed E-state index contributed by atoms with van der Waals surface area (Å²) in [6, 6.07) is 21.4. The molecule has 160 valence electrons. The van der Waals surface area contributed by atoms with Crippen LogP contribution in [0.1, 0.15) is 29.2 Å². The molecule has 6 heteroatoms. The van der Waals surface area contributed by atoms with E-state index in [1.807, 2.05) is 54.6 Å². The Bertz CT molecular complexity index is 1050. The second-order valence-electron chi connectivity index (χ2n) is 6.97. The van der Waals surface area contributed by atoms with Gasteiger partial charge in [-0.3, -0.25) is 4.79 Å². The first-order valence-corrected chi connectivity index (χ1v) is 11.4.